The molecule has 0 saturated carbocycles. The zero-order chi connectivity index (χ0) is 17.1. The first-order valence-electron chi connectivity index (χ1n) is 9.04. The van der Waals surface area contributed by atoms with E-state index < -0.39 is 0 Å². The van der Waals surface area contributed by atoms with Crippen LogP contribution >= 0.6 is 0 Å². The lowest BCUT2D eigenvalue weighted by molar-refractivity contribution is 0.0956. The van der Waals surface area contributed by atoms with E-state index in [0.29, 0.717) is 12.3 Å². The third kappa shape index (κ3) is 3.49. The Bertz CT molecular complexity index is 848. The Hall–Kier alpha value is -2.46. The summed E-state index contributed by atoms with van der Waals surface area (Å²) in [4.78, 5) is 22.3. The van der Waals surface area contributed by atoms with E-state index in [1.54, 1.807) is 0 Å². The number of likely N-dealkylation sites (tertiary alicyclic amines) is 1. The summed E-state index contributed by atoms with van der Waals surface area (Å²) in [6.45, 7) is 2.97. The van der Waals surface area contributed by atoms with Gasteiger partial charge in [0.05, 0.1) is 0 Å². The van der Waals surface area contributed by atoms with E-state index in [2.05, 4.69) is 27.1 Å². The highest BCUT2D eigenvalue weighted by Gasteiger charge is 2.23. The van der Waals surface area contributed by atoms with Gasteiger partial charge in [0, 0.05) is 36.3 Å². The van der Waals surface area contributed by atoms with Gasteiger partial charge in [0.15, 0.2) is 5.78 Å². The van der Waals surface area contributed by atoms with E-state index in [4.69, 9.17) is 0 Å². The third-order valence-corrected chi connectivity index (χ3v) is 5.26. The number of fused-ring (bicyclic) bond motifs is 1. The summed E-state index contributed by atoms with van der Waals surface area (Å²) in [6.07, 6.45) is 6.83. The van der Waals surface area contributed by atoms with Gasteiger partial charge in [-0.2, -0.15) is 0 Å². The fourth-order valence-corrected chi connectivity index (χ4v) is 3.81. The Morgan fingerprint density at radius 2 is 1.92 bits per heavy atom. The van der Waals surface area contributed by atoms with Gasteiger partial charge < -0.3 is 9.88 Å². The Morgan fingerprint density at radius 1 is 1.12 bits per heavy atom. The quantitative estimate of drug-likeness (QED) is 0.718. The Labute approximate surface area is 147 Å². The van der Waals surface area contributed by atoms with Gasteiger partial charge in [-0.25, -0.2) is 4.98 Å². The zero-order valence-corrected chi connectivity index (χ0v) is 14.3. The van der Waals surface area contributed by atoms with Crippen LogP contribution in [0.25, 0.3) is 11.0 Å². The molecule has 1 aliphatic rings. The number of carbonyl (C=O) groups excluding carboxylic acids is 1. The highest BCUT2D eigenvalue weighted by molar-refractivity contribution is 5.96. The van der Waals surface area contributed by atoms with Gasteiger partial charge in [0.2, 0.25) is 0 Å². The normalized spacial score (nSPS) is 16.3. The summed E-state index contributed by atoms with van der Waals surface area (Å²) < 4.78 is 0. The van der Waals surface area contributed by atoms with Crippen molar-refractivity contribution in [3.8, 4) is 0 Å². The molecule has 1 fully saturated rings. The van der Waals surface area contributed by atoms with Crippen LogP contribution in [0.4, 0.5) is 0 Å². The number of carbonyl (C=O) groups is 1. The average Bonchev–Trinajstić information content (AvgIpc) is 3.11. The van der Waals surface area contributed by atoms with Crippen molar-refractivity contribution in [2.24, 2.45) is 0 Å². The van der Waals surface area contributed by atoms with Crippen molar-refractivity contribution in [3.05, 3.63) is 66.0 Å². The van der Waals surface area contributed by atoms with Gasteiger partial charge in [-0.15, -0.1) is 0 Å². The molecule has 0 bridgehead atoms. The van der Waals surface area contributed by atoms with Crippen molar-refractivity contribution >= 4 is 16.8 Å². The molecule has 128 valence electrons. The fourth-order valence-electron chi connectivity index (χ4n) is 3.81. The summed E-state index contributed by atoms with van der Waals surface area (Å²) in [5.74, 6) is 0.824. The molecule has 1 N–H and O–H groups in total. The fraction of sp³-hybridized carbons (Fsp3) is 0.333. The summed E-state index contributed by atoms with van der Waals surface area (Å²) in [5, 5.41) is 1.25. The molecule has 1 aromatic carbocycles. The van der Waals surface area contributed by atoms with Crippen molar-refractivity contribution in [1.29, 1.82) is 0 Å². The van der Waals surface area contributed by atoms with Gasteiger partial charge in [0.25, 0.3) is 0 Å². The molecule has 0 spiro atoms. The lowest BCUT2D eigenvalue weighted by Gasteiger charge is -2.31. The van der Waals surface area contributed by atoms with Gasteiger partial charge in [0.1, 0.15) is 5.65 Å². The minimum atomic E-state index is 0.241. The van der Waals surface area contributed by atoms with Crippen molar-refractivity contribution in [2.75, 3.05) is 19.6 Å². The molecule has 0 aliphatic carbocycles. The lowest BCUT2D eigenvalue weighted by atomic mass is 9.89. The van der Waals surface area contributed by atoms with Gasteiger partial charge >= 0.3 is 0 Å². The summed E-state index contributed by atoms with van der Waals surface area (Å²) in [6, 6.07) is 13.8. The average molecular weight is 333 g/mol. The molecule has 3 aromatic rings. The number of rotatable bonds is 5. The first-order valence-corrected chi connectivity index (χ1v) is 9.04. The number of nitrogens with zero attached hydrogens (tertiary/aromatic N) is 2. The first kappa shape index (κ1) is 16.0. The monoisotopic (exact) mass is 333 g/mol. The third-order valence-electron chi connectivity index (χ3n) is 5.26. The molecular formula is C21H23N3O. The van der Waals surface area contributed by atoms with Gasteiger partial charge in [-0.3, -0.25) is 4.79 Å². The van der Waals surface area contributed by atoms with Crippen molar-refractivity contribution in [1.82, 2.24) is 14.9 Å². The van der Waals surface area contributed by atoms with E-state index in [1.807, 2.05) is 42.6 Å². The molecule has 2 aromatic heterocycles. The second-order valence-electron chi connectivity index (χ2n) is 6.80. The number of benzene rings is 1. The van der Waals surface area contributed by atoms with E-state index in [9.17, 15) is 4.79 Å². The van der Waals surface area contributed by atoms with Crippen molar-refractivity contribution in [3.63, 3.8) is 0 Å². The highest BCUT2D eigenvalue weighted by Crippen LogP contribution is 2.32. The SMILES string of the molecule is O=C(CCN1CCC(c2c[nH]c3ncccc23)CC1)c1ccccc1. The Morgan fingerprint density at radius 3 is 2.72 bits per heavy atom. The second kappa shape index (κ2) is 7.19. The van der Waals surface area contributed by atoms with Gasteiger partial charge in [-0.05, 0) is 49.5 Å². The number of ketones is 1. The van der Waals surface area contributed by atoms with Crippen LogP contribution < -0.4 is 0 Å². The Kier molecular flexibility index (Phi) is 4.61. The first-order chi connectivity index (χ1) is 12.3. The van der Waals surface area contributed by atoms with Crippen LogP contribution in [0.3, 0.4) is 0 Å². The van der Waals surface area contributed by atoms with Crippen LogP contribution in [0.15, 0.2) is 54.9 Å². The van der Waals surface area contributed by atoms with E-state index in [1.165, 1.54) is 10.9 Å². The smallest absolute Gasteiger partial charge is 0.164 e. The zero-order valence-electron chi connectivity index (χ0n) is 14.3. The molecular weight excluding hydrogens is 310 g/mol. The largest absolute Gasteiger partial charge is 0.346 e. The predicted molar refractivity (Wildman–Crippen MR) is 99.9 cm³/mol. The van der Waals surface area contributed by atoms with Crippen molar-refractivity contribution < 1.29 is 4.79 Å². The van der Waals surface area contributed by atoms with Crippen LogP contribution in [0.2, 0.25) is 0 Å². The number of hydrogen-bond acceptors (Lipinski definition) is 3. The standard InChI is InChI=1S/C21H23N3O/c25-20(17-5-2-1-3-6-17)10-14-24-12-8-16(9-13-24)19-15-23-21-18(19)7-4-11-22-21/h1-7,11,15-16H,8-10,12-14H2,(H,22,23). The molecule has 0 atom stereocenters. The molecule has 0 amide bonds. The predicted octanol–water partition coefficient (Wildman–Crippen LogP) is 4.02. The number of nitrogens with one attached hydrogen (secondary N) is 1. The van der Waals surface area contributed by atoms with Crippen LogP contribution in [0.1, 0.15) is 41.1 Å². The number of Topliss-reactive ketones (excluding diaryl/α,β-unsaturated/α-hetero) is 1. The molecule has 4 heteroatoms. The van der Waals surface area contributed by atoms with Crippen LogP contribution in [0, 0.1) is 0 Å². The maximum atomic E-state index is 12.2. The number of aromatic amines is 1. The van der Waals surface area contributed by atoms with Crippen LogP contribution in [-0.4, -0.2) is 40.3 Å². The van der Waals surface area contributed by atoms with Crippen molar-refractivity contribution in [2.45, 2.75) is 25.2 Å². The molecule has 1 saturated heterocycles. The second-order valence-corrected chi connectivity index (χ2v) is 6.80. The highest BCUT2D eigenvalue weighted by atomic mass is 16.1. The Balaban J connectivity index is 1.32. The molecule has 0 unspecified atom stereocenters. The maximum absolute atomic E-state index is 12.2. The number of pyridine rings is 1. The van der Waals surface area contributed by atoms with Gasteiger partial charge in [-0.1, -0.05) is 30.3 Å². The minimum absolute atomic E-state index is 0.241. The number of H-pyrrole nitrogens is 1. The van der Waals surface area contributed by atoms with E-state index >= 15 is 0 Å². The summed E-state index contributed by atoms with van der Waals surface area (Å²) in [7, 11) is 0. The van der Waals surface area contributed by atoms with E-state index in [0.717, 1.165) is 43.7 Å². The molecule has 4 nitrogen and oxygen atoms in total. The number of aromatic nitrogens is 2. The molecule has 4 rings (SSSR count). The van der Waals surface area contributed by atoms with Crippen LogP contribution in [0.5, 0.6) is 0 Å². The number of piperidine rings is 1. The lowest BCUT2D eigenvalue weighted by Crippen LogP contribution is -2.34. The van der Waals surface area contributed by atoms with E-state index in [-0.39, 0.29) is 5.78 Å². The van der Waals surface area contributed by atoms with Crippen LogP contribution in [-0.2, 0) is 0 Å². The minimum Gasteiger partial charge on any atom is -0.346 e. The molecule has 25 heavy (non-hydrogen) atoms. The summed E-state index contributed by atoms with van der Waals surface area (Å²) >= 11 is 0. The molecule has 0 radical (unpaired) electrons. The molecule has 3 heterocycles. The molecule has 1 aliphatic heterocycles. The summed E-state index contributed by atoms with van der Waals surface area (Å²) in [5.41, 5.74) is 3.19. The number of hydrogen-bond donors (Lipinski definition) is 1. The maximum Gasteiger partial charge on any atom is 0.164 e. The topological polar surface area (TPSA) is 49.0 Å².